The maximum absolute atomic E-state index is 13.0. The van der Waals surface area contributed by atoms with Gasteiger partial charge in [0.2, 0.25) is 10.0 Å². The highest BCUT2D eigenvalue weighted by molar-refractivity contribution is 7.89. The van der Waals surface area contributed by atoms with E-state index in [1.165, 1.54) is 36.2 Å². The van der Waals surface area contributed by atoms with Crippen LogP contribution in [0.1, 0.15) is 23.2 Å². The van der Waals surface area contributed by atoms with Crippen LogP contribution in [0.4, 0.5) is 0 Å². The largest absolute Gasteiger partial charge is 0.490 e. The second-order valence-corrected chi connectivity index (χ2v) is 10.8. The van der Waals surface area contributed by atoms with Crippen molar-refractivity contribution in [3.8, 4) is 5.75 Å². The fraction of sp³-hybridized carbons (Fsp3) is 0.391. The quantitative estimate of drug-likeness (QED) is 0.473. The molecule has 0 saturated carbocycles. The van der Waals surface area contributed by atoms with E-state index in [1.54, 1.807) is 18.2 Å². The highest BCUT2D eigenvalue weighted by Gasteiger charge is 2.24. The molecular weight excluding hydrogens is 517 g/mol. The summed E-state index contributed by atoms with van der Waals surface area (Å²) in [5.74, 6) is -1.04. The highest BCUT2D eigenvalue weighted by Crippen LogP contribution is 2.28. The number of carbonyl (C=O) groups is 2. The minimum atomic E-state index is -3.74. The van der Waals surface area contributed by atoms with Crippen molar-refractivity contribution in [3.63, 3.8) is 0 Å². The number of carboxylic acid groups (broad SMARTS) is 1. The SMILES string of the molecule is CNS(=O)(=O)c1cccc(C(=O)N(CCN2CCC(Oc3ccc(Cl)c(Cl)c3)CC2)CC(=O)O)c1. The molecule has 1 aliphatic heterocycles. The average molecular weight is 544 g/mol. The molecule has 1 heterocycles. The van der Waals surface area contributed by atoms with Crippen LogP contribution in [0.3, 0.4) is 0 Å². The number of carbonyl (C=O) groups excluding carboxylic acids is 1. The zero-order chi connectivity index (χ0) is 25.6. The summed E-state index contributed by atoms with van der Waals surface area (Å²) in [7, 11) is -2.46. The van der Waals surface area contributed by atoms with Crippen LogP contribution in [0.2, 0.25) is 10.0 Å². The molecule has 2 N–H and O–H groups in total. The first kappa shape index (κ1) is 27.2. The number of piperidine rings is 1. The van der Waals surface area contributed by atoms with E-state index in [2.05, 4.69) is 9.62 Å². The first-order valence-corrected chi connectivity index (χ1v) is 13.2. The summed E-state index contributed by atoms with van der Waals surface area (Å²) in [6, 6.07) is 10.7. The normalized spacial score (nSPS) is 15.1. The van der Waals surface area contributed by atoms with Gasteiger partial charge in [-0.1, -0.05) is 29.3 Å². The number of amides is 1. The zero-order valence-corrected chi connectivity index (χ0v) is 21.4. The Kier molecular flexibility index (Phi) is 9.37. The molecule has 1 amide bonds. The minimum Gasteiger partial charge on any atom is -0.490 e. The lowest BCUT2D eigenvalue weighted by molar-refractivity contribution is -0.137. The molecular formula is C23H27Cl2N3O6S. The molecule has 0 spiro atoms. The molecule has 2 aromatic carbocycles. The van der Waals surface area contributed by atoms with Crippen LogP contribution in [-0.2, 0) is 14.8 Å². The molecule has 190 valence electrons. The monoisotopic (exact) mass is 543 g/mol. The van der Waals surface area contributed by atoms with Gasteiger partial charge in [0.25, 0.3) is 5.91 Å². The first-order chi connectivity index (χ1) is 16.6. The maximum Gasteiger partial charge on any atom is 0.323 e. The van der Waals surface area contributed by atoms with Gasteiger partial charge in [-0.25, -0.2) is 13.1 Å². The minimum absolute atomic E-state index is 0.0112. The average Bonchev–Trinajstić information content (AvgIpc) is 2.84. The Labute approximate surface area is 214 Å². The number of nitrogens with one attached hydrogen (secondary N) is 1. The predicted molar refractivity (Wildman–Crippen MR) is 133 cm³/mol. The maximum atomic E-state index is 13.0. The molecule has 0 radical (unpaired) electrons. The number of rotatable bonds is 10. The van der Waals surface area contributed by atoms with Crippen molar-refractivity contribution in [2.75, 3.05) is 39.8 Å². The van der Waals surface area contributed by atoms with Crippen molar-refractivity contribution in [1.82, 2.24) is 14.5 Å². The molecule has 0 atom stereocenters. The number of aliphatic carboxylic acids is 1. The number of hydrogen-bond acceptors (Lipinski definition) is 6. The van der Waals surface area contributed by atoms with Crippen LogP contribution in [0.25, 0.3) is 0 Å². The molecule has 0 aliphatic carbocycles. The molecule has 12 heteroatoms. The van der Waals surface area contributed by atoms with Crippen LogP contribution in [0.5, 0.6) is 5.75 Å². The first-order valence-electron chi connectivity index (χ1n) is 11.0. The van der Waals surface area contributed by atoms with Crippen LogP contribution in [-0.4, -0.2) is 81.1 Å². The molecule has 35 heavy (non-hydrogen) atoms. The Hall–Kier alpha value is -2.37. The van der Waals surface area contributed by atoms with Gasteiger partial charge in [0.1, 0.15) is 18.4 Å². The van der Waals surface area contributed by atoms with Crippen molar-refractivity contribution in [2.24, 2.45) is 0 Å². The lowest BCUT2D eigenvalue weighted by Crippen LogP contribution is -2.45. The van der Waals surface area contributed by atoms with Gasteiger partial charge in [0, 0.05) is 37.8 Å². The van der Waals surface area contributed by atoms with E-state index in [1.807, 2.05) is 0 Å². The second-order valence-electron chi connectivity index (χ2n) is 8.09. The smallest absolute Gasteiger partial charge is 0.323 e. The number of ether oxygens (including phenoxy) is 1. The number of nitrogens with zero attached hydrogens (tertiary/aromatic N) is 2. The number of carboxylic acids is 1. The van der Waals surface area contributed by atoms with Gasteiger partial charge in [-0.15, -0.1) is 0 Å². The third-order valence-electron chi connectivity index (χ3n) is 5.69. The standard InChI is InChI=1S/C23H27Cl2N3O6S/c1-26-35(32,33)19-4-2-3-16(13-19)23(31)28(15-22(29)30)12-11-27-9-7-17(8-10-27)34-18-5-6-20(24)21(25)14-18/h2-6,13-14,17,26H,7-12,15H2,1H3,(H,29,30). The fourth-order valence-corrected chi connectivity index (χ4v) is 4.83. The summed E-state index contributed by atoms with van der Waals surface area (Å²) in [6.07, 6.45) is 1.53. The highest BCUT2D eigenvalue weighted by atomic mass is 35.5. The van der Waals surface area contributed by atoms with Gasteiger partial charge >= 0.3 is 5.97 Å². The molecule has 1 fully saturated rings. The van der Waals surface area contributed by atoms with Gasteiger partial charge in [0.05, 0.1) is 14.9 Å². The van der Waals surface area contributed by atoms with Crippen LogP contribution in [0, 0.1) is 0 Å². The third kappa shape index (κ3) is 7.55. The van der Waals surface area contributed by atoms with E-state index >= 15 is 0 Å². The van der Waals surface area contributed by atoms with Crippen molar-refractivity contribution >= 4 is 45.1 Å². The summed E-state index contributed by atoms with van der Waals surface area (Å²) in [5, 5.41) is 10.2. The van der Waals surface area contributed by atoms with E-state index in [0.717, 1.165) is 25.9 Å². The van der Waals surface area contributed by atoms with Crippen molar-refractivity contribution in [1.29, 1.82) is 0 Å². The predicted octanol–water partition coefficient (Wildman–Crippen LogP) is 2.97. The molecule has 1 saturated heterocycles. The van der Waals surface area contributed by atoms with Gasteiger partial charge in [-0.3, -0.25) is 9.59 Å². The summed E-state index contributed by atoms with van der Waals surface area (Å²) in [6.45, 7) is 1.62. The van der Waals surface area contributed by atoms with E-state index in [0.29, 0.717) is 22.3 Å². The van der Waals surface area contributed by atoms with E-state index in [-0.39, 0.29) is 23.1 Å². The summed E-state index contributed by atoms with van der Waals surface area (Å²) < 4.78 is 32.3. The van der Waals surface area contributed by atoms with Crippen molar-refractivity contribution in [3.05, 3.63) is 58.1 Å². The Bertz CT molecular complexity index is 1170. The van der Waals surface area contributed by atoms with E-state index < -0.39 is 28.4 Å². The molecule has 2 aromatic rings. The van der Waals surface area contributed by atoms with Gasteiger partial charge in [-0.05, 0) is 50.2 Å². The molecule has 0 bridgehead atoms. The Morgan fingerprint density at radius 2 is 1.86 bits per heavy atom. The van der Waals surface area contributed by atoms with Gasteiger partial charge < -0.3 is 19.6 Å². The number of halogens is 2. The van der Waals surface area contributed by atoms with Crippen LogP contribution in [0.15, 0.2) is 47.4 Å². The Morgan fingerprint density at radius 1 is 1.14 bits per heavy atom. The van der Waals surface area contributed by atoms with Crippen LogP contribution < -0.4 is 9.46 Å². The molecule has 1 aliphatic rings. The lowest BCUT2D eigenvalue weighted by atomic mass is 10.1. The number of benzene rings is 2. The van der Waals surface area contributed by atoms with Gasteiger partial charge in [0.15, 0.2) is 0 Å². The second kappa shape index (κ2) is 12.0. The fourth-order valence-electron chi connectivity index (χ4n) is 3.77. The molecule has 9 nitrogen and oxygen atoms in total. The molecule has 0 aromatic heterocycles. The van der Waals surface area contributed by atoms with E-state index in [9.17, 15) is 23.1 Å². The van der Waals surface area contributed by atoms with Crippen molar-refractivity contribution in [2.45, 2.75) is 23.8 Å². The Balaban J connectivity index is 1.58. The summed E-state index contributed by atoms with van der Waals surface area (Å²) in [4.78, 5) is 27.7. The number of sulfonamides is 1. The molecule has 3 rings (SSSR count). The van der Waals surface area contributed by atoms with Gasteiger partial charge in [-0.2, -0.15) is 0 Å². The Morgan fingerprint density at radius 3 is 2.49 bits per heavy atom. The van der Waals surface area contributed by atoms with Crippen molar-refractivity contribution < 1.29 is 27.9 Å². The zero-order valence-electron chi connectivity index (χ0n) is 19.1. The topological polar surface area (TPSA) is 116 Å². The van der Waals surface area contributed by atoms with E-state index in [4.69, 9.17) is 27.9 Å². The summed E-state index contributed by atoms with van der Waals surface area (Å²) >= 11 is 12.0. The summed E-state index contributed by atoms with van der Waals surface area (Å²) in [5.41, 5.74) is 0.108. The number of likely N-dealkylation sites (tertiary alicyclic amines) is 1. The molecule has 0 unspecified atom stereocenters. The third-order valence-corrected chi connectivity index (χ3v) is 7.84. The number of hydrogen-bond donors (Lipinski definition) is 2. The van der Waals surface area contributed by atoms with Crippen LogP contribution >= 0.6 is 23.2 Å². The lowest BCUT2D eigenvalue weighted by Gasteiger charge is -2.33.